The van der Waals surface area contributed by atoms with Gasteiger partial charge >= 0.3 is 6.61 Å². The van der Waals surface area contributed by atoms with Crippen molar-refractivity contribution in [1.29, 1.82) is 0 Å². The molecule has 1 unspecified atom stereocenters. The van der Waals surface area contributed by atoms with Crippen molar-refractivity contribution >= 4 is 17.5 Å². The van der Waals surface area contributed by atoms with Crippen molar-refractivity contribution in [2.45, 2.75) is 12.7 Å². The van der Waals surface area contributed by atoms with Gasteiger partial charge in [0, 0.05) is 12.2 Å². The molecule has 0 saturated carbocycles. The predicted molar refractivity (Wildman–Crippen MR) is 66.5 cm³/mol. The number of amides is 2. The number of alkyl halides is 2. The summed E-state index contributed by atoms with van der Waals surface area (Å²) < 4.78 is 28.1. The minimum atomic E-state index is -2.88. The van der Waals surface area contributed by atoms with Gasteiger partial charge < -0.3 is 15.4 Å². The van der Waals surface area contributed by atoms with Crippen molar-refractivity contribution in [1.82, 2.24) is 10.6 Å². The molecule has 1 aromatic rings. The first-order valence-corrected chi connectivity index (χ1v) is 5.90. The van der Waals surface area contributed by atoms with Gasteiger partial charge in [0.1, 0.15) is 11.8 Å². The number of benzene rings is 1. The van der Waals surface area contributed by atoms with E-state index < -0.39 is 12.7 Å². The molecule has 1 aliphatic rings. The van der Waals surface area contributed by atoms with Crippen LogP contribution in [-0.4, -0.2) is 37.6 Å². The second-order valence-electron chi connectivity index (χ2n) is 4.13. The first-order valence-electron chi connectivity index (χ1n) is 5.90. The van der Waals surface area contributed by atoms with Gasteiger partial charge in [-0.15, -0.1) is 0 Å². The molecule has 3 N–H and O–H groups in total. The van der Waals surface area contributed by atoms with E-state index >= 15 is 0 Å². The Kier molecular flexibility index (Phi) is 4.46. The number of rotatable bonds is 4. The third-order valence-corrected chi connectivity index (χ3v) is 2.68. The fraction of sp³-hybridized carbons (Fsp3) is 0.333. The van der Waals surface area contributed by atoms with Crippen LogP contribution in [0.1, 0.15) is 0 Å². The molecule has 1 saturated heterocycles. The molecule has 6 nitrogen and oxygen atoms in total. The minimum absolute atomic E-state index is 0.0149. The lowest BCUT2D eigenvalue weighted by Gasteiger charge is -2.23. The van der Waals surface area contributed by atoms with E-state index in [1.54, 1.807) is 0 Å². The van der Waals surface area contributed by atoms with E-state index in [0.717, 1.165) is 0 Å². The summed E-state index contributed by atoms with van der Waals surface area (Å²) >= 11 is 0. The summed E-state index contributed by atoms with van der Waals surface area (Å²) in [5, 5.41) is 7.95. The van der Waals surface area contributed by atoms with Crippen LogP contribution in [0.25, 0.3) is 0 Å². The zero-order valence-corrected chi connectivity index (χ0v) is 10.4. The summed E-state index contributed by atoms with van der Waals surface area (Å²) in [5.74, 6) is -0.462. The zero-order valence-electron chi connectivity index (χ0n) is 10.4. The van der Waals surface area contributed by atoms with Gasteiger partial charge in [0.2, 0.25) is 11.8 Å². The summed E-state index contributed by atoms with van der Waals surface area (Å²) in [4.78, 5) is 22.8. The number of carbonyl (C=O) groups excluding carboxylic acids is 2. The second-order valence-corrected chi connectivity index (χ2v) is 4.13. The minimum Gasteiger partial charge on any atom is -0.435 e. The maximum absolute atomic E-state index is 12.0. The number of hydrogen-bond acceptors (Lipinski definition) is 4. The van der Waals surface area contributed by atoms with Crippen LogP contribution in [0.5, 0.6) is 5.75 Å². The molecule has 108 valence electrons. The Hall–Kier alpha value is -2.22. The largest absolute Gasteiger partial charge is 0.435 e. The highest BCUT2D eigenvalue weighted by atomic mass is 19.3. The molecule has 1 aromatic carbocycles. The van der Waals surface area contributed by atoms with Crippen LogP contribution in [0, 0.1) is 0 Å². The Balaban J connectivity index is 1.89. The predicted octanol–water partition coefficient (Wildman–Crippen LogP) is 0.314. The topological polar surface area (TPSA) is 79.5 Å². The average molecular weight is 285 g/mol. The van der Waals surface area contributed by atoms with Crippen LogP contribution < -0.4 is 20.7 Å². The monoisotopic (exact) mass is 285 g/mol. The zero-order chi connectivity index (χ0) is 14.5. The maximum Gasteiger partial charge on any atom is 0.387 e. The van der Waals surface area contributed by atoms with Crippen molar-refractivity contribution in [3.63, 3.8) is 0 Å². The molecule has 1 fully saturated rings. The summed E-state index contributed by atoms with van der Waals surface area (Å²) in [7, 11) is 0. The first kappa shape index (κ1) is 14.2. The molecule has 1 atom stereocenters. The highest BCUT2D eigenvalue weighted by Crippen LogP contribution is 2.17. The van der Waals surface area contributed by atoms with Gasteiger partial charge in [0.05, 0.1) is 6.54 Å². The van der Waals surface area contributed by atoms with E-state index in [9.17, 15) is 18.4 Å². The van der Waals surface area contributed by atoms with Gasteiger partial charge in [-0.25, -0.2) is 0 Å². The van der Waals surface area contributed by atoms with Gasteiger partial charge in [0.15, 0.2) is 0 Å². The third kappa shape index (κ3) is 3.89. The van der Waals surface area contributed by atoms with Gasteiger partial charge in [0.25, 0.3) is 0 Å². The summed E-state index contributed by atoms with van der Waals surface area (Å²) in [6.07, 6.45) is 0. The molecule has 0 radical (unpaired) electrons. The molecule has 0 bridgehead atoms. The molecule has 0 aliphatic carbocycles. The molecule has 1 aliphatic heterocycles. The Labute approximate surface area is 113 Å². The lowest BCUT2D eigenvalue weighted by Crippen LogP contribution is -2.56. The molecule has 1 heterocycles. The standard InChI is InChI=1S/C12H13F2N3O3/c13-12(14)20-8-3-1-7(2-4-8)17-11(19)9-5-16-10(18)6-15-9/h1-4,9,12,15H,5-6H2,(H,16,18)(H,17,19). The second kappa shape index (κ2) is 6.29. The number of halogens is 2. The van der Waals surface area contributed by atoms with E-state index in [-0.39, 0.29) is 30.7 Å². The SMILES string of the molecule is O=C1CNC(C(=O)Nc2ccc(OC(F)F)cc2)CN1. The molecule has 2 amide bonds. The molecule has 0 spiro atoms. The van der Waals surface area contributed by atoms with Crippen molar-refractivity contribution in [3.05, 3.63) is 24.3 Å². The Morgan fingerprint density at radius 3 is 2.60 bits per heavy atom. The number of hydrogen-bond donors (Lipinski definition) is 3. The van der Waals surface area contributed by atoms with Crippen LogP contribution in [0.2, 0.25) is 0 Å². The molecule has 0 aromatic heterocycles. The number of anilines is 1. The maximum atomic E-state index is 12.0. The van der Waals surface area contributed by atoms with Gasteiger partial charge in [-0.2, -0.15) is 8.78 Å². The molecular formula is C12H13F2N3O3. The lowest BCUT2D eigenvalue weighted by atomic mass is 10.2. The van der Waals surface area contributed by atoms with Crippen LogP contribution in [0.3, 0.4) is 0 Å². The van der Waals surface area contributed by atoms with Crippen molar-refractivity contribution < 1.29 is 23.1 Å². The fourth-order valence-corrected chi connectivity index (χ4v) is 1.70. The molecular weight excluding hydrogens is 272 g/mol. The summed E-state index contributed by atoms with van der Waals surface area (Å²) in [6.45, 7) is -2.60. The molecule has 20 heavy (non-hydrogen) atoms. The van der Waals surface area contributed by atoms with Crippen LogP contribution in [0.15, 0.2) is 24.3 Å². The van der Waals surface area contributed by atoms with Crippen molar-refractivity contribution in [2.24, 2.45) is 0 Å². The van der Waals surface area contributed by atoms with Crippen LogP contribution in [0.4, 0.5) is 14.5 Å². The Morgan fingerprint density at radius 1 is 1.35 bits per heavy atom. The van der Waals surface area contributed by atoms with Crippen molar-refractivity contribution in [2.75, 3.05) is 18.4 Å². The Bertz CT molecular complexity index is 483. The third-order valence-electron chi connectivity index (χ3n) is 2.68. The quantitative estimate of drug-likeness (QED) is 0.744. The normalized spacial score (nSPS) is 18.6. The Morgan fingerprint density at radius 2 is 2.05 bits per heavy atom. The van der Waals surface area contributed by atoms with Crippen molar-refractivity contribution in [3.8, 4) is 5.75 Å². The number of piperazine rings is 1. The highest BCUT2D eigenvalue weighted by molar-refractivity contribution is 5.96. The smallest absolute Gasteiger partial charge is 0.387 e. The highest BCUT2D eigenvalue weighted by Gasteiger charge is 2.23. The van der Waals surface area contributed by atoms with E-state index in [2.05, 4.69) is 20.7 Å². The average Bonchev–Trinajstić information content (AvgIpc) is 2.41. The molecule has 8 heteroatoms. The number of ether oxygens (including phenoxy) is 1. The van der Waals surface area contributed by atoms with E-state index in [0.29, 0.717) is 5.69 Å². The molecule has 2 rings (SSSR count). The summed E-state index contributed by atoms with van der Waals surface area (Å²) in [5.41, 5.74) is 0.454. The van der Waals surface area contributed by atoms with Gasteiger partial charge in [-0.3, -0.25) is 14.9 Å². The van der Waals surface area contributed by atoms with E-state index in [1.165, 1.54) is 24.3 Å². The van der Waals surface area contributed by atoms with E-state index in [4.69, 9.17) is 0 Å². The van der Waals surface area contributed by atoms with Crippen LogP contribution in [-0.2, 0) is 9.59 Å². The first-order chi connectivity index (χ1) is 9.54. The van der Waals surface area contributed by atoms with Crippen LogP contribution >= 0.6 is 0 Å². The van der Waals surface area contributed by atoms with Gasteiger partial charge in [-0.1, -0.05) is 0 Å². The van der Waals surface area contributed by atoms with E-state index in [1.807, 2.05) is 0 Å². The summed E-state index contributed by atoms with van der Waals surface area (Å²) in [6, 6.07) is 5.05. The fourth-order valence-electron chi connectivity index (χ4n) is 1.70. The lowest BCUT2D eigenvalue weighted by molar-refractivity contribution is -0.124. The number of nitrogens with one attached hydrogen (secondary N) is 3. The number of carbonyl (C=O) groups is 2. The van der Waals surface area contributed by atoms with Gasteiger partial charge in [-0.05, 0) is 24.3 Å².